The molecule has 142 valence electrons. The Kier molecular flexibility index (Phi) is 5.71. The lowest BCUT2D eigenvalue weighted by Gasteiger charge is -2.09. The van der Waals surface area contributed by atoms with Crippen LogP contribution in [0.15, 0.2) is 59.7 Å². The number of amides is 1. The molecule has 0 fully saturated rings. The molecule has 0 spiro atoms. The first-order valence-electron chi connectivity index (χ1n) is 8.03. The molecule has 28 heavy (non-hydrogen) atoms. The van der Waals surface area contributed by atoms with Gasteiger partial charge in [-0.1, -0.05) is 48.0 Å². The molecule has 0 unspecified atom stereocenters. The number of benzene rings is 3. The fraction of sp³-hybridized carbons (Fsp3) is 0.0526. The van der Waals surface area contributed by atoms with Crippen LogP contribution in [0.3, 0.4) is 0 Å². The Labute approximate surface area is 164 Å². The van der Waals surface area contributed by atoms with Crippen molar-refractivity contribution in [2.45, 2.75) is 0 Å². The van der Waals surface area contributed by atoms with Crippen LogP contribution in [0.5, 0.6) is 11.5 Å². The van der Waals surface area contributed by atoms with Crippen LogP contribution in [-0.4, -0.2) is 23.7 Å². The topological polar surface area (TPSA) is 117 Å². The highest BCUT2D eigenvalue weighted by molar-refractivity contribution is 6.35. The molecule has 0 saturated carbocycles. The van der Waals surface area contributed by atoms with Gasteiger partial charge in [0.15, 0.2) is 6.61 Å². The van der Waals surface area contributed by atoms with Gasteiger partial charge < -0.3 is 9.84 Å². The lowest BCUT2D eigenvalue weighted by Crippen LogP contribution is -2.24. The first-order valence-corrected chi connectivity index (χ1v) is 8.41. The molecular weight excluding hydrogens is 386 g/mol. The Balaban J connectivity index is 1.61. The number of fused-ring (bicyclic) bond motifs is 1. The quantitative estimate of drug-likeness (QED) is 0.389. The number of nitrogens with one attached hydrogen (secondary N) is 1. The van der Waals surface area contributed by atoms with Crippen LogP contribution in [-0.2, 0) is 4.79 Å². The third-order valence-electron chi connectivity index (χ3n) is 3.77. The molecule has 0 bridgehead atoms. The van der Waals surface area contributed by atoms with E-state index in [-0.39, 0.29) is 6.61 Å². The van der Waals surface area contributed by atoms with Gasteiger partial charge >= 0.3 is 0 Å². The van der Waals surface area contributed by atoms with Crippen molar-refractivity contribution in [3.63, 3.8) is 0 Å². The fourth-order valence-corrected chi connectivity index (χ4v) is 2.70. The Morgan fingerprint density at radius 3 is 2.68 bits per heavy atom. The molecule has 3 rings (SSSR count). The second-order valence-electron chi connectivity index (χ2n) is 5.66. The zero-order valence-electron chi connectivity index (χ0n) is 14.3. The number of carbonyl (C=O) groups excluding carboxylic acids is 1. The summed E-state index contributed by atoms with van der Waals surface area (Å²) in [5, 5.41) is 28.0. The summed E-state index contributed by atoms with van der Waals surface area (Å²) in [6.07, 6.45) is 1.20. The lowest BCUT2D eigenvalue weighted by atomic mass is 10.1. The van der Waals surface area contributed by atoms with Crippen molar-refractivity contribution >= 4 is 40.2 Å². The molecule has 8 nitrogen and oxygen atoms in total. The summed E-state index contributed by atoms with van der Waals surface area (Å²) < 4.78 is 5.53. The first kappa shape index (κ1) is 19.1. The lowest BCUT2D eigenvalue weighted by molar-refractivity contribution is -0.398. The Morgan fingerprint density at radius 1 is 1.18 bits per heavy atom. The number of carbonyl (C=O) groups is 1. The smallest absolute Gasteiger partial charge is 0.277 e. The number of ether oxygens (including phenoxy) is 1. The molecule has 0 aliphatic rings. The van der Waals surface area contributed by atoms with Crippen LogP contribution in [0.4, 0.5) is 5.69 Å². The highest BCUT2D eigenvalue weighted by atomic mass is 35.5. The van der Waals surface area contributed by atoms with E-state index in [9.17, 15) is 20.0 Å². The second-order valence-corrected chi connectivity index (χ2v) is 6.06. The first-order chi connectivity index (χ1) is 13.5. The summed E-state index contributed by atoms with van der Waals surface area (Å²) in [7, 11) is 0. The van der Waals surface area contributed by atoms with E-state index in [0.29, 0.717) is 16.3 Å². The van der Waals surface area contributed by atoms with E-state index in [1.165, 1.54) is 12.3 Å². The molecule has 3 aromatic rings. The maximum Gasteiger partial charge on any atom is 0.277 e. The molecule has 0 aromatic heterocycles. The van der Waals surface area contributed by atoms with Gasteiger partial charge in [-0.25, -0.2) is 5.43 Å². The number of rotatable bonds is 6. The molecule has 0 heterocycles. The molecule has 3 aromatic carbocycles. The van der Waals surface area contributed by atoms with Crippen LogP contribution >= 0.6 is 11.6 Å². The third-order valence-corrected chi connectivity index (χ3v) is 4.10. The molecule has 0 aliphatic heterocycles. The minimum Gasteiger partial charge on any atom is -0.868 e. The van der Waals surface area contributed by atoms with Crippen molar-refractivity contribution in [1.82, 2.24) is 5.43 Å². The van der Waals surface area contributed by atoms with E-state index in [1.807, 2.05) is 24.3 Å². The summed E-state index contributed by atoms with van der Waals surface area (Å²) in [5.74, 6) is -0.721. The van der Waals surface area contributed by atoms with Gasteiger partial charge in [0, 0.05) is 27.4 Å². The van der Waals surface area contributed by atoms with Crippen LogP contribution < -0.4 is 15.3 Å². The van der Waals surface area contributed by atoms with E-state index in [0.717, 1.165) is 22.9 Å². The standard InChI is InChI=1S/C19H14ClN3O5/c20-15-6-8-18(14-4-2-1-3-13(14)15)28-11-19(25)22-21-10-12-5-7-17(24)16(9-12)23(26)27/h1-10,24H,11H2,(H,22,25)/p-1. The van der Waals surface area contributed by atoms with Crippen molar-refractivity contribution in [1.29, 1.82) is 0 Å². The number of halogens is 1. The number of hydrogen-bond donors (Lipinski definition) is 1. The van der Waals surface area contributed by atoms with E-state index in [2.05, 4.69) is 10.5 Å². The van der Waals surface area contributed by atoms with E-state index in [1.54, 1.807) is 12.1 Å². The predicted molar refractivity (Wildman–Crippen MR) is 103 cm³/mol. The normalized spacial score (nSPS) is 10.9. The summed E-state index contributed by atoms with van der Waals surface area (Å²) >= 11 is 6.14. The van der Waals surface area contributed by atoms with Gasteiger partial charge in [-0.15, -0.1) is 0 Å². The monoisotopic (exact) mass is 398 g/mol. The molecule has 0 radical (unpaired) electrons. The van der Waals surface area contributed by atoms with Gasteiger partial charge in [0.05, 0.1) is 11.1 Å². The summed E-state index contributed by atoms with van der Waals surface area (Å²) in [6, 6.07) is 14.2. The van der Waals surface area contributed by atoms with Crippen LogP contribution in [0.1, 0.15) is 5.56 Å². The number of hydrazone groups is 1. The van der Waals surface area contributed by atoms with Crippen molar-refractivity contribution in [2.24, 2.45) is 5.10 Å². The van der Waals surface area contributed by atoms with Gasteiger partial charge in [0.1, 0.15) is 5.75 Å². The third kappa shape index (κ3) is 4.36. The SMILES string of the molecule is O=C(COc1ccc(Cl)c2ccccc12)NN=Cc1ccc([O-])c([N+](=O)[O-])c1. The number of hydrogen-bond acceptors (Lipinski definition) is 6. The summed E-state index contributed by atoms with van der Waals surface area (Å²) in [6.45, 7) is -0.289. The van der Waals surface area contributed by atoms with Gasteiger partial charge in [-0.3, -0.25) is 14.9 Å². The minimum atomic E-state index is -0.775. The van der Waals surface area contributed by atoms with Crippen molar-refractivity contribution in [2.75, 3.05) is 6.61 Å². The molecule has 9 heteroatoms. The molecular formula is C19H13ClN3O5-. The van der Waals surface area contributed by atoms with Crippen LogP contribution in [0, 0.1) is 10.1 Å². The van der Waals surface area contributed by atoms with E-state index >= 15 is 0 Å². The second kappa shape index (κ2) is 8.36. The van der Waals surface area contributed by atoms with Gasteiger partial charge in [-0.2, -0.15) is 5.10 Å². The average molecular weight is 399 g/mol. The average Bonchev–Trinajstić information content (AvgIpc) is 2.69. The van der Waals surface area contributed by atoms with Crippen molar-refractivity contribution in [3.05, 3.63) is 75.3 Å². The van der Waals surface area contributed by atoms with Gasteiger partial charge in [0.25, 0.3) is 11.6 Å². The van der Waals surface area contributed by atoms with Crippen LogP contribution in [0.2, 0.25) is 5.02 Å². The molecule has 0 saturated heterocycles. The molecule has 0 aliphatic carbocycles. The highest BCUT2D eigenvalue weighted by Crippen LogP contribution is 2.31. The largest absolute Gasteiger partial charge is 0.868 e. The minimum absolute atomic E-state index is 0.289. The number of nitro groups is 1. The van der Waals surface area contributed by atoms with E-state index < -0.39 is 22.3 Å². The molecule has 1 N–H and O–H groups in total. The highest BCUT2D eigenvalue weighted by Gasteiger charge is 2.09. The van der Waals surface area contributed by atoms with Crippen LogP contribution in [0.25, 0.3) is 10.8 Å². The van der Waals surface area contributed by atoms with Gasteiger partial charge in [-0.05, 0) is 17.9 Å². The summed E-state index contributed by atoms with van der Waals surface area (Å²) in [4.78, 5) is 21.9. The number of nitro benzene ring substituents is 1. The Bertz CT molecular complexity index is 1080. The Hall–Kier alpha value is -3.65. The molecule has 0 atom stereocenters. The maximum absolute atomic E-state index is 11.9. The predicted octanol–water partition coefficient (Wildman–Crippen LogP) is 3.00. The Morgan fingerprint density at radius 2 is 1.93 bits per heavy atom. The molecule has 1 amide bonds. The van der Waals surface area contributed by atoms with Crippen molar-refractivity contribution < 1.29 is 19.6 Å². The summed E-state index contributed by atoms with van der Waals surface area (Å²) in [5.41, 5.74) is 2.00. The fourth-order valence-electron chi connectivity index (χ4n) is 2.47. The zero-order chi connectivity index (χ0) is 20.1. The number of nitrogens with zero attached hydrogens (tertiary/aromatic N) is 2. The van der Waals surface area contributed by atoms with E-state index in [4.69, 9.17) is 16.3 Å². The maximum atomic E-state index is 11.9. The van der Waals surface area contributed by atoms with Gasteiger partial charge in [0.2, 0.25) is 0 Å². The van der Waals surface area contributed by atoms with Crippen molar-refractivity contribution in [3.8, 4) is 11.5 Å². The zero-order valence-corrected chi connectivity index (χ0v) is 15.1.